The number of hydrogen-bond acceptors (Lipinski definition) is 2. The average Bonchev–Trinajstić information content (AvgIpc) is 2.27. The summed E-state index contributed by atoms with van der Waals surface area (Å²) in [6, 6.07) is 5.94. The third kappa shape index (κ3) is 1.82. The van der Waals surface area contributed by atoms with Gasteiger partial charge in [-0.15, -0.1) is 0 Å². The molecule has 0 aliphatic carbocycles. The molecule has 15 heavy (non-hydrogen) atoms. The topological polar surface area (TPSA) is 46.5 Å². The van der Waals surface area contributed by atoms with Crippen molar-refractivity contribution in [2.24, 2.45) is 5.92 Å². The van der Waals surface area contributed by atoms with Crippen molar-refractivity contribution in [3.8, 4) is 5.75 Å². The molecule has 0 spiro atoms. The van der Waals surface area contributed by atoms with Gasteiger partial charge >= 0.3 is 5.97 Å². The first-order valence-corrected chi connectivity index (χ1v) is 5.18. The van der Waals surface area contributed by atoms with Crippen LogP contribution in [0.1, 0.15) is 18.1 Å². The van der Waals surface area contributed by atoms with Gasteiger partial charge in [-0.2, -0.15) is 0 Å². The summed E-state index contributed by atoms with van der Waals surface area (Å²) in [6.07, 6.45) is 1.50. The molecule has 80 valence electrons. The van der Waals surface area contributed by atoms with Crippen molar-refractivity contribution in [3.63, 3.8) is 0 Å². The zero-order valence-electron chi connectivity index (χ0n) is 8.69. The average molecular weight is 206 g/mol. The minimum Gasteiger partial charge on any atom is -0.492 e. The van der Waals surface area contributed by atoms with Gasteiger partial charge in [-0.1, -0.05) is 25.1 Å². The molecule has 0 bridgehead atoms. The Kier molecular flexibility index (Phi) is 2.62. The second kappa shape index (κ2) is 3.93. The summed E-state index contributed by atoms with van der Waals surface area (Å²) >= 11 is 0. The molecule has 1 aromatic rings. The molecule has 0 saturated carbocycles. The molecule has 1 aliphatic heterocycles. The Morgan fingerprint density at radius 1 is 1.60 bits per heavy atom. The van der Waals surface area contributed by atoms with Gasteiger partial charge in [0.05, 0.1) is 5.92 Å². The summed E-state index contributed by atoms with van der Waals surface area (Å²) in [5, 5.41) is 8.91. The van der Waals surface area contributed by atoms with Crippen molar-refractivity contribution in [2.75, 3.05) is 6.61 Å². The van der Waals surface area contributed by atoms with Crippen LogP contribution < -0.4 is 4.74 Å². The standard InChI is InChI=1S/C12H14O3/c1-2-8-4-3-5-9-6-10(12(13)14)7-15-11(8)9/h3-5,10H,2,6-7H2,1H3,(H,13,14)/t10-/m1/s1. The Labute approximate surface area is 88.7 Å². The van der Waals surface area contributed by atoms with Gasteiger partial charge in [0, 0.05) is 0 Å². The van der Waals surface area contributed by atoms with Gasteiger partial charge in [0.15, 0.2) is 0 Å². The normalized spacial score (nSPS) is 19.1. The van der Waals surface area contributed by atoms with Crippen LogP contribution >= 0.6 is 0 Å². The summed E-state index contributed by atoms with van der Waals surface area (Å²) in [6.45, 7) is 2.36. The molecule has 2 rings (SSSR count). The van der Waals surface area contributed by atoms with Crippen molar-refractivity contribution in [3.05, 3.63) is 29.3 Å². The summed E-state index contributed by atoms with van der Waals surface area (Å²) < 4.78 is 5.54. The van der Waals surface area contributed by atoms with E-state index >= 15 is 0 Å². The fourth-order valence-corrected chi connectivity index (χ4v) is 1.93. The number of carboxylic acids is 1. The molecule has 3 nitrogen and oxygen atoms in total. The van der Waals surface area contributed by atoms with E-state index in [2.05, 4.69) is 6.92 Å². The molecular formula is C12H14O3. The van der Waals surface area contributed by atoms with Crippen LogP contribution in [0.5, 0.6) is 5.75 Å². The monoisotopic (exact) mass is 206 g/mol. The first-order valence-electron chi connectivity index (χ1n) is 5.18. The van der Waals surface area contributed by atoms with Gasteiger partial charge in [0.25, 0.3) is 0 Å². The van der Waals surface area contributed by atoms with Crippen LogP contribution in [0, 0.1) is 5.92 Å². The molecule has 0 amide bonds. The highest BCUT2D eigenvalue weighted by Crippen LogP contribution is 2.31. The zero-order valence-corrected chi connectivity index (χ0v) is 8.69. The lowest BCUT2D eigenvalue weighted by molar-refractivity contribution is -0.143. The molecule has 1 aliphatic rings. The van der Waals surface area contributed by atoms with E-state index in [9.17, 15) is 4.79 Å². The molecule has 0 unspecified atom stereocenters. The van der Waals surface area contributed by atoms with Gasteiger partial charge < -0.3 is 9.84 Å². The maximum absolute atomic E-state index is 10.8. The Bertz CT molecular complexity index is 384. The molecule has 3 heteroatoms. The van der Waals surface area contributed by atoms with E-state index < -0.39 is 11.9 Å². The number of benzene rings is 1. The van der Waals surface area contributed by atoms with E-state index in [1.165, 1.54) is 0 Å². The Morgan fingerprint density at radius 3 is 3.07 bits per heavy atom. The lowest BCUT2D eigenvalue weighted by atomic mass is 9.94. The van der Waals surface area contributed by atoms with Crippen LogP contribution in [0.25, 0.3) is 0 Å². The summed E-state index contributed by atoms with van der Waals surface area (Å²) in [5.41, 5.74) is 2.18. The van der Waals surface area contributed by atoms with E-state index in [1.807, 2.05) is 18.2 Å². The van der Waals surface area contributed by atoms with Gasteiger partial charge in [0.2, 0.25) is 0 Å². The van der Waals surface area contributed by atoms with Crippen LogP contribution in [0.3, 0.4) is 0 Å². The van der Waals surface area contributed by atoms with Crippen LogP contribution in [-0.4, -0.2) is 17.7 Å². The minimum absolute atomic E-state index is 0.291. The molecule has 1 N–H and O–H groups in total. The molecule has 0 saturated heterocycles. The number of ether oxygens (including phenoxy) is 1. The quantitative estimate of drug-likeness (QED) is 0.803. The minimum atomic E-state index is -0.775. The number of carbonyl (C=O) groups is 1. The highest BCUT2D eigenvalue weighted by molar-refractivity contribution is 5.71. The van der Waals surface area contributed by atoms with Crippen LogP contribution in [-0.2, 0) is 17.6 Å². The highest BCUT2D eigenvalue weighted by Gasteiger charge is 2.26. The summed E-state index contributed by atoms with van der Waals surface area (Å²) in [5.74, 6) is -0.273. The van der Waals surface area contributed by atoms with Gasteiger partial charge in [-0.25, -0.2) is 0 Å². The zero-order chi connectivity index (χ0) is 10.8. The van der Waals surface area contributed by atoms with Gasteiger partial charge in [-0.3, -0.25) is 4.79 Å². The van der Waals surface area contributed by atoms with E-state index in [-0.39, 0.29) is 0 Å². The SMILES string of the molecule is CCc1cccc2c1OC[C@H](C(=O)O)C2. The lowest BCUT2D eigenvalue weighted by Gasteiger charge is -2.24. The van der Waals surface area contributed by atoms with Crippen LogP contribution in [0.4, 0.5) is 0 Å². The van der Waals surface area contributed by atoms with Crippen molar-refractivity contribution in [1.29, 1.82) is 0 Å². The van der Waals surface area contributed by atoms with Crippen LogP contribution in [0.15, 0.2) is 18.2 Å². The second-order valence-electron chi connectivity index (χ2n) is 3.81. The lowest BCUT2D eigenvalue weighted by Crippen LogP contribution is -2.28. The maximum Gasteiger partial charge on any atom is 0.310 e. The van der Waals surface area contributed by atoms with Crippen molar-refractivity contribution in [2.45, 2.75) is 19.8 Å². The third-order valence-corrected chi connectivity index (χ3v) is 2.80. The van der Waals surface area contributed by atoms with Crippen molar-refractivity contribution >= 4 is 5.97 Å². The fourth-order valence-electron chi connectivity index (χ4n) is 1.93. The first kappa shape index (κ1) is 10.0. The number of fused-ring (bicyclic) bond motifs is 1. The number of para-hydroxylation sites is 1. The number of aliphatic carboxylic acids is 1. The first-order chi connectivity index (χ1) is 7.22. The van der Waals surface area contributed by atoms with E-state index in [4.69, 9.17) is 9.84 Å². The second-order valence-corrected chi connectivity index (χ2v) is 3.81. The fraction of sp³-hybridized carbons (Fsp3) is 0.417. The van der Waals surface area contributed by atoms with E-state index in [0.717, 1.165) is 23.3 Å². The van der Waals surface area contributed by atoms with Crippen LogP contribution in [0.2, 0.25) is 0 Å². The molecular weight excluding hydrogens is 192 g/mol. The molecule has 0 fully saturated rings. The summed E-state index contributed by atoms with van der Waals surface area (Å²) in [7, 11) is 0. The molecule has 1 aromatic carbocycles. The van der Waals surface area contributed by atoms with E-state index in [0.29, 0.717) is 13.0 Å². The molecule has 1 atom stereocenters. The summed E-state index contributed by atoms with van der Waals surface area (Å²) in [4.78, 5) is 10.8. The highest BCUT2D eigenvalue weighted by atomic mass is 16.5. The Balaban J connectivity index is 2.31. The molecule has 0 aromatic heterocycles. The Hall–Kier alpha value is -1.51. The third-order valence-electron chi connectivity index (χ3n) is 2.80. The predicted molar refractivity (Wildman–Crippen MR) is 56.1 cm³/mol. The number of carboxylic acid groups (broad SMARTS) is 1. The maximum atomic E-state index is 10.8. The smallest absolute Gasteiger partial charge is 0.310 e. The van der Waals surface area contributed by atoms with E-state index in [1.54, 1.807) is 0 Å². The molecule has 1 heterocycles. The number of rotatable bonds is 2. The molecule has 0 radical (unpaired) electrons. The number of hydrogen-bond donors (Lipinski definition) is 1. The number of aryl methyl sites for hydroxylation is 1. The van der Waals surface area contributed by atoms with Gasteiger partial charge in [-0.05, 0) is 24.0 Å². The largest absolute Gasteiger partial charge is 0.492 e. The predicted octanol–water partition coefficient (Wildman–Crippen LogP) is 1.88. The van der Waals surface area contributed by atoms with Crippen molar-refractivity contribution < 1.29 is 14.6 Å². The van der Waals surface area contributed by atoms with Gasteiger partial charge in [0.1, 0.15) is 12.4 Å². The van der Waals surface area contributed by atoms with Crippen molar-refractivity contribution in [1.82, 2.24) is 0 Å². The Morgan fingerprint density at radius 2 is 2.40 bits per heavy atom.